The van der Waals surface area contributed by atoms with Gasteiger partial charge in [0.25, 0.3) is 0 Å². The van der Waals surface area contributed by atoms with Gasteiger partial charge in [0.05, 0.1) is 11.7 Å². The summed E-state index contributed by atoms with van der Waals surface area (Å²) in [6.07, 6.45) is 9.63. The molecular weight excluding hydrogens is 332 g/mol. The lowest BCUT2D eigenvalue weighted by Crippen LogP contribution is -2.55. The van der Waals surface area contributed by atoms with Crippen molar-refractivity contribution < 1.29 is 14.3 Å². The minimum absolute atomic E-state index is 0.127. The first-order valence-electron chi connectivity index (χ1n) is 8.72. The maximum atomic E-state index is 12.0. The summed E-state index contributed by atoms with van der Waals surface area (Å²) in [6, 6.07) is 5.87. The monoisotopic (exact) mass is 358 g/mol. The normalized spacial score (nSPS) is 18.7. The number of likely N-dealkylation sites (N-methyl/N-ethyl adjacent to an activating group) is 1. The molecule has 2 heterocycles. The number of terminal acetylenes is 1. The molecular formula is C19H26N4O3. The topological polar surface area (TPSA) is 82.7 Å². The molecule has 1 aromatic carbocycles. The predicted octanol–water partition coefficient (Wildman–Crippen LogP) is 0.612. The molecule has 0 saturated carbocycles. The van der Waals surface area contributed by atoms with Crippen LogP contribution in [0.3, 0.4) is 0 Å². The van der Waals surface area contributed by atoms with E-state index in [1.165, 1.54) is 0 Å². The second-order valence-corrected chi connectivity index (χ2v) is 6.10. The van der Waals surface area contributed by atoms with Crippen LogP contribution in [0, 0.1) is 12.8 Å². The van der Waals surface area contributed by atoms with Gasteiger partial charge in [0.1, 0.15) is 24.7 Å². The van der Waals surface area contributed by atoms with Crippen molar-refractivity contribution in [1.82, 2.24) is 10.6 Å². The van der Waals surface area contributed by atoms with Gasteiger partial charge < -0.3 is 30.4 Å². The fourth-order valence-electron chi connectivity index (χ4n) is 3.25. The second-order valence-electron chi connectivity index (χ2n) is 6.10. The van der Waals surface area contributed by atoms with Gasteiger partial charge in [0, 0.05) is 44.9 Å². The summed E-state index contributed by atoms with van der Waals surface area (Å²) >= 11 is 0. The maximum Gasteiger partial charge on any atom is 0.242 e. The molecule has 3 rings (SSSR count). The number of carbonyl (C=O) groups is 2. The number of amides is 1. The predicted molar refractivity (Wildman–Crippen MR) is 103 cm³/mol. The number of fused-ring (bicyclic) bond motifs is 3. The van der Waals surface area contributed by atoms with Gasteiger partial charge >= 0.3 is 0 Å². The lowest BCUT2D eigenvalue weighted by Gasteiger charge is -2.42. The molecule has 0 spiro atoms. The second kappa shape index (κ2) is 9.68. The van der Waals surface area contributed by atoms with Crippen LogP contribution in [-0.2, 0) is 9.59 Å². The largest absolute Gasteiger partial charge is 0.489 e. The van der Waals surface area contributed by atoms with E-state index in [9.17, 15) is 9.59 Å². The number of rotatable bonds is 6. The molecule has 3 N–H and O–H groups in total. The van der Waals surface area contributed by atoms with Crippen LogP contribution in [-0.4, -0.2) is 57.6 Å². The van der Waals surface area contributed by atoms with Gasteiger partial charge in [-0.1, -0.05) is 0 Å². The highest BCUT2D eigenvalue weighted by Gasteiger charge is 2.29. The van der Waals surface area contributed by atoms with E-state index in [1.54, 1.807) is 7.05 Å². The number of nitrogens with one attached hydrogen (secondary N) is 3. The molecule has 0 aromatic heterocycles. The SMILES string of the molecule is C#C.CNC(=O)C(CCC=O)Nc1ccc2c(c1)OCC1CNCCN21. The molecule has 2 unspecified atom stereocenters. The molecule has 1 amide bonds. The van der Waals surface area contributed by atoms with Crippen molar-refractivity contribution in [2.75, 3.05) is 43.5 Å². The number of carbonyl (C=O) groups excluding carboxylic acids is 2. The van der Waals surface area contributed by atoms with E-state index in [0.29, 0.717) is 25.5 Å². The number of hydrogen-bond acceptors (Lipinski definition) is 6. The fraction of sp³-hybridized carbons (Fsp3) is 0.474. The summed E-state index contributed by atoms with van der Waals surface area (Å²) in [6.45, 7) is 3.53. The molecule has 2 atom stereocenters. The molecule has 0 radical (unpaired) electrons. The number of ether oxygens (including phenoxy) is 1. The van der Waals surface area contributed by atoms with E-state index in [2.05, 4.69) is 33.7 Å². The first-order valence-corrected chi connectivity index (χ1v) is 8.72. The van der Waals surface area contributed by atoms with E-state index in [4.69, 9.17) is 4.74 Å². The Hall–Kier alpha value is -2.72. The standard InChI is InChI=1S/C17H24N4O3.C2H2/c1-18-17(23)14(3-2-8-22)20-12-4-5-15-16(9-12)24-11-13-10-19-6-7-21(13)15;1-2/h4-5,8-9,13-14,19-20H,2-3,6-7,10-11H2,1H3,(H,18,23);1-2H. The molecule has 1 fully saturated rings. The Bertz CT molecular complexity index is 647. The molecule has 2 aliphatic heterocycles. The summed E-state index contributed by atoms with van der Waals surface area (Å²) in [7, 11) is 1.60. The molecule has 0 aliphatic carbocycles. The smallest absolute Gasteiger partial charge is 0.242 e. The zero-order valence-electron chi connectivity index (χ0n) is 15.0. The van der Waals surface area contributed by atoms with Crippen LogP contribution in [0.25, 0.3) is 0 Å². The van der Waals surface area contributed by atoms with Crippen LogP contribution < -0.4 is 25.6 Å². The van der Waals surface area contributed by atoms with Crippen LogP contribution in [0.2, 0.25) is 0 Å². The van der Waals surface area contributed by atoms with Crippen molar-refractivity contribution in [3.63, 3.8) is 0 Å². The van der Waals surface area contributed by atoms with E-state index >= 15 is 0 Å². The van der Waals surface area contributed by atoms with Crippen LogP contribution >= 0.6 is 0 Å². The quantitative estimate of drug-likeness (QED) is 0.511. The van der Waals surface area contributed by atoms with Crippen LogP contribution in [0.4, 0.5) is 11.4 Å². The Kier molecular flexibility index (Phi) is 7.30. The first kappa shape index (κ1) is 19.6. The van der Waals surface area contributed by atoms with Gasteiger partial charge in [-0.3, -0.25) is 4.79 Å². The van der Waals surface area contributed by atoms with Crippen molar-refractivity contribution in [3.05, 3.63) is 18.2 Å². The molecule has 7 heteroatoms. The fourth-order valence-corrected chi connectivity index (χ4v) is 3.25. The van der Waals surface area contributed by atoms with Crippen LogP contribution in [0.1, 0.15) is 12.8 Å². The minimum atomic E-state index is -0.436. The minimum Gasteiger partial charge on any atom is -0.489 e. The number of benzene rings is 1. The summed E-state index contributed by atoms with van der Waals surface area (Å²) in [5.74, 6) is 0.710. The van der Waals surface area contributed by atoms with Crippen LogP contribution in [0.5, 0.6) is 5.75 Å². The molecule has 140 valence electrons. The Morgan fingerprint density at radius 2 is 2.31 bits per heavy atom. The highest BCUT2D eigenvalue weighted by molar-refractivity contribution is 5.85. The average Bonchev–Trinajstić information content (AvgIpc) is 2.71. The summed E-state index contributed by atoms with van der Waals surface area (Å²) < 4.78 is 5.90. The number of nitrogens with zero attached hydrogens (tertiary/aromatic N) is 1. The third kappa shape index (κ3) is 4.46. The molecule has 2 aliphatic rings. The van der Waals surface area contributed by atoms with Crippen LogP contribution in [0.15, 0.2) is 18.2 Å². The van der Waals surface area contributed by atoms with Crippen molar-refractivity contribution in [1.29, 1.82) is 0 Å². The van der Waals surface area contributed by atoms with E-state index in [1.807, 2.05) is 18.2 Å². The zero-order valence-corrected chi connectivity index (χ0v) is 15.0. The van der Waals surface area contributed by atoms with E-state index < -0.39 is 6.04 Å². The Morgan fingerprint density at radius 3 is 3.04 bits per heavy atom. The lowest BCUT2D eigenvalue weighted by molar-refractivity contribution is -0.121. The Labute approximate surface area is 154 Å². The average molecular weight is 358 g/mol. The highest BCUT2D eigenvalue weighted by atomic mass is 16.5. The highest BCUT2D eigenvalue weighted by Crippen LogP contribution is 2.36. The molecule has 0 bridgehead atoms. The number of piperazine rings is 1. The van der Waals surface area contributed by atoms with Gasteiger partial charge in [0.15, 0.2) is 0 Å². The molecule has 7 nitrogen and oxygen atoms in total. The Morgan fingerprint density at radius 1 is 1.50 bits per heavy atom. The number of hydrogen-bond donors (Lipinski definition) is 3. The summed E-state index contributed by atoms with van der Waals surface area (Å²) in [4.78, 5) is 24.9. The summed E-state index contributed by atoms with van der Waals surface area (Å²) in [5.41, 5.74) is 1.92. The van der Waals surface area contributed by atoms with Gasteiger partial charge in [-0.05, 0) is 18.6 Å². The lowest BCUT2D eigenvalue weighted by atomic mass is 10.1. The first-order chi connectivity index (χ1) is 12.7. The third-order valence-corrected chi connectivity index (χ3v) is 4.53. The summed E-state index contributed by atoms with van der Waals surface area (Å²) in [5, 5.41) is 9.22. The van der Waals surface area contributed by atoms with Crippen molar-refractivity contribution in [2.45, 2.75) is 24.9 Å². The van der Waals surface area contributed by atoms with Crippen molar-refractivity contribution >= 4 is 23.6 Å². The molecule has 1 aromatic rings. The van der Waals surface area contributed by atoms with Gasteiger partial charge in [-0.2, -0.15) is 0 Å². The number of anilines is 2. The zero-order chi connectivity index (χ0) is 18.9. The third-order valence-electron chi connectivity index (χ3n) is 4.53. The maximum absolute atomic E-state index is 12.0. The van der Waals surface area contributed by atoms with Gasteiger partial charge in [0.2, 0.25) is 5.91 Å². The van der Waals surface area contributed by atoms with Gasteiger partial charge in [-0.25, -0.2) is 0 Å². The van der Waals surface area contributed by atoms with Gasteiger partial charge in [-0.15, -0.1) is 12.8 Å². The van der Waals surface area contributed by atoms with E-state index in [0.717, 1.165) is 43.0 Å². The molecule has 26 heavy (non-hydrogen) atoms. The van der Waals surface area contributed by atoms with E-state index in [-0.39, 0.29) is 5.91 Å². The molecule has 1 saturated heterocycles. The van der Waals surface area contributed by atoms with Crippen molar-refractivity contribution in [2.24, 2.45) is 0 Å². The Balaban J connectivity index is 0.00000117. The van der Waals surface area contributed by atoms with Crippen molar-refractivity contribution in [3.8, 4) is 18.6 Å². The number of aldehydes is 1.